The number of rotatable bonds is 2. The van der Waals surface area contributed by atoms with E-state index in [2.05, 4.69) is 41.5 Å². The van der Waals surface area contributed by atoms with Gasteiger partial charge in [-0.15, -0.1) is 0 Å². The molecule has 19 heavy (non-hydrogen) atoms. The van der Waals surface area contributed by atoms with E-state index in [0.29, 0.717) is 6.61 Å². The standard InChI is InChI=1S/C15H17N3O/c1-10-3-5-11(6-4-10)14-17-13-7-8-19-9-12(13)15(16-2)18-14/h3-6H,7-9H2,1-2H3,(H,16,17,18). The lowest BCUT2D eigenvalue weighted by Crippen LogP contribution is -2.16. The summed E-state index contributed by atoms with van der Waals surface area (Å²) in [6, 6.07) is 8.30. The fourth-order valence-electron chi connectivity index (χ4n) is 2.27. The minimum atomic E-state index is 0.597. The van der Waals surface area contributed by atoms with Gasteiger partial charge in [-0.1, -0.05) is 29.8 Å². The van der Waals surface area contributed by atoms with Crippen molar-refractivity contribution in [2.75, 3.05) is 19.0 Å². The Morgan fingerprint density at radius 3 is 2.68 bits per heavy atom. The number of anilines is 1. The highest BCUT2D eigenvalue weighted by molar-refractivity contribution is 5.60. The van der Waals surface area contributed by atoms with Gasteiger partial charge >= 0.3 is 0 Å². The number of fused-ring (bicyclic) bond motifs is 1. The first-order chi connectivity index (χ1) is 9.28. The van der Waals surface area contributed by atoms with E-state index < -0.39 is 0 Å². The Labute approximate surface area is 112 Å². The van der Waals surface area contributed by atoms with Crippen LogP contribution in [0.2, 0.25) is 0 Å². The molecule has 0 aliphatic carbocycles. The number of aryl methyl sites for hydroxylation is 1. The summed E-state index contributed by atoms with van der Waals surface area (Å²) in [6.45, 7) is 3.41. The molecule has 4 nitrogen and oxygen atoms in total. The van der Waals surface area contributed by atoms with Gasteiger partial charge in [-0.2, -0.15) is 0 Å². The molecule has 0 atom stereocenters. The fourth-order valence-corrected chi connectivity index (χ4v) is 2.27. The third-order valence-electron chi connectivity index (χ3n) is 3.37. The first kappa shape index (κ1) is 12.1. The predicted molar refractivity (Wildman–Crippen MR) is 75.1 cm³/mol. The quantitative estimate of drug-likeness (QED) is 0.896. The van der Waals surface area contributed by atoms with Gasteiger partial charge in [0.2, 0.25) is 0 Å². The van der Waals surface area contributed by atoms with E-state index in [-0.39, 0.29) is 0 Å². The van der Waals surface area contributed by atoms with Crippen LogP contribution in [0.15, 0.2) is 24.3 Å². The molecule has 0 unspecified atom stereocenters. The second-order valence-corrected chi connectivity index (χ2v) is 4.74. The normalized spacial score (nSPS) is 14.0. The van der Waals surface area contributed by atoms with Gasteiger partial charge in [-0.05, 0) is 6.92 Å². The molecule has 0 amide bonds. The second-order valence-electron chi connectivity index (χ2n) is 4.74. The number of ether oxygens (including phenoxy) is 1. The summed E-state index contributed by atoms with van der Waals surface area (Å²) in [4.78, 5) is 9.29. The van der Waals surface area contributed by atoms with Crippen LogP contribution in [0.4, 0.5) is 5.82 Å². The average molecular weight is 255 g/mol. The third-order valence-corrected chi connectivity index (χ3v) is 3.37. The summed E-state index contributed by atoms with van der Waals surface area (Å²) in [5, 5.41) is 3.15. The Morgan fingerprint density at radius 1 is 1.16 bits per heavy atom. The molecule has 0 bridgehead atoms. The summed E-state index contributed by atoms with van der Waals surface area (Å²) in [7, 11) is 1.89. The van der Waals surface area contributed by atoms with Gasteiger partial charge in [0.15, 0.2) is 5.82 Å². The molecule has 1 N–H and O–H groups in total. The van der Waals surface area contributed by atoms with Gasteiger partial charge in [0, 0.05) is 24.6 Å². The summed E-state index contributed by atoms with van der Waals surface area (Å²) in [6.07, 6.45) is 0.853. The molecule has 0 saturated heterocycles. The van der Waals surface area contributed by atoms with E-state index >= 15 is 0 Å². The van der Waals surface area contributed by atoms with Gasteiger partial charge in [0.1, 0.15) is 5.82 Å². The summed E-state index contributed by atoms with van der Waals surface area (Å²) in [5.41, 5.74) is 4.48. The maximum Gasteiger partial charge on any atom is 0.161 e. The predicted octanol–water partition coefficient (Wildman–Crippen LogP) is 2.57. The van der Waals surface area contributed by atoms with Crippen LogP contribution in [0, 0.1) is 6.92 Å². The Hall–Kier alpha value is -1.94. The Bertz CT molecular complexity index is 576. The molecule has 4 heteroatoms. The average Bonchev–Trinajstić information content (AvgIpc) is 2.47. The van der Waals surface area contributed by atoms with Crippen LogP contribution >= 0.6 is 0 Å². The van der Waals surface area contributed by atoms with Crippen molar-refractivity contribution in [1.82, 2.24) is 9.97 Å². The van der Waals surface area contributed by atoms with Crippen LogP contribution < -0.4 is 5.32 Å². The van der Waals surface area contributed by atoms with Gasteiger partial charge in [-0.25, -0.2) is 9.97 Å². The zero-order valence-electron chi connectivity index (χ0n) is 11.2. The number of nitrogens with one attached hydrogen (secondary N) is 1. The minimum absolute atomic E-state index is 0.597. The lowest BCUT2D eigenvalue weighted by Gasteiger charge is -2.19. The molecule has 1 aromatic carbocycles. The van der Waals surface area contributed by atoms with Crippen molar-refractivity contribution in [2.24, 2.45) is 0 Å². The van der Waals surface area contributed by atoms with Crippen LogP contribution in [0.3, 0.4) is 0 Å². The molecule has 2 heterocycles. The molecule has 0 spiro atoms. The van der Waals surface area contributed by atoms with Crippen LogP contribution in [-0.4, -0.2) is 23.6 Å². The van der Waals surface area contributed by atoms with Crippen LogP contribution in [0.25, 0.3) is 11.4 Å². The third kappa shape index (κ3) is 2.31. The zero-order valence-corrected chi connectivity index (χ0v) is 11.2. The summed E-state index contributed by atoms with van der Waals surface area (Å²) >= 11 is 0. The SMILES string of the molecule is CNc1nc(-c2ccc(C)cc2)nc2c1COCC2. The molecule has 1 aliphatic rings. The molecule has 3 rings (SSSR count). The van der Waals surface area contributed by atoms with Gasteiger partial charge in [0.25, 0.3) is 0 Å². The molecule has 0 fully saturated rings. The van der Waals surface area contributed by atoms with E-state index in [1.165, 1.54) is 5.56 Å². The number of hydrogen-bond donors (Lipinski definition) is 1. The molecule has 2 aromatic rings. The van der Waals surface area contributed by atoms with Gasteiger partial charge in [-0.3, -0.25) is 0 Å². The molecule has 98 valence electrons. The fraction of sp³-hybridized carbons (Fsp3) is 0.333. The highest BCUT2D eigenvalue weighted by Gasteiger charge is 2.18. The van der Waals surface area contributed by atoms with Crippen molar-refractivity contribution >= 4 is 5.82 Å². The second kappa shape index (κ2) is 4.97. The van der Waals surface area contributed by atoms with Gasteiger partial charge < -0.3 is 10.1 Å². The molecule has 0 radical (unpaired) electrons. The number of aromatic nitrogens is 2. The number of benzene rings is 1. The van der Waals surface area contributed by atoms with Crippen molar-refractivity contribution in [2.45, 2.75) is 20.0 Å². The lowest BCUT2D eigenvalue weighted by molar-refractivity contribution is 0.109. The Morgan fingerprint density at radius 2 is 1.95 bits per heavy atom. The first-order valence-corrected chi connectivity index (χ1v) is 6.50. The largest absolute Gasteiger partial charge is 0.376 e. The van der Waals surface area contributed by atoms with E-state index in [4.69, 9.17) is 9.72 Å². The number of hydrogen-bond acceptors (Lipinski definition) is 4. The van der Waals surface area contributed by atoms with E-state index in [9.17, 15) is 0 Å². The maximum absolute atomic E-state index is 5.48. The molecular weight excluding hydrogens is 238 g/mol. The van der Waals surface area contributed by atoms with Crippen molar-refractivity contribution in [3.8, 4) is 11.4 Å². The van der Waals surface area contributed by atoms with Crippen molar-refractivity contribution in [3.63, 3.8) is 0 Å². The van der Waals surface area contributed by atoms with E-state index in [1.54, 1.807) is 0 Å². The van der Waals surface area contributed by atoms with Crippen LogP contribution in [0.1, 0.15) is 16.8 Å². The van der Waals surface area contributed by atoms with Crippen molar-refractivity contribution in [1.29, 1.82) is 0 Å². The van der Waals surface area contributed by atoms with Crippen LogP contribution in [0.5, 0.6) is 0 Å². The van der Waals surface area contributed by atoms with Crippen molar-refractivity contribution in [3.05, 3.63) is 41.1 Å². The summed E-state index contributed by atoms with van der Waals surface area (Å²) in [5.74, 6) is 1.66. The molecule has 1 aromatic heterocycles. The highest BCUT2D eigenvalue weighted by Crippen LogP contribution is 2.25. The van der Waals surface area contributed by atoms with Crippen molar-refractivity contribution < 1.29 is 4.74 Å². The smallest absolute Gasteiger partial charge is 0.161 e. The Kier molecular flexibility index (Phi) is 3.17. The molecule has 1 aliphatic heterocycles. The monoisotopic (exact) mass is 255 g/mol. The lowest BCUT2D eigenvalue weighted by atomic mass is 10.1. The minimum Gasteiger partial charge on any atom is -0.376 e. The number of nitrogens with zero attached hydrogens (tertiary/aromatic N) is 2. The highest BCUT2D eigenvalue weighted by atomic mass is 16.5. The van der Waals surface area contributed by atoms with Gasteiger partial charge in [0.05, 0.1) is 18.9 Å². The maximum atomic E-state index is 5.48. The summed E-state index contributed by atoms with van der Waals surface area (Å²) < 4.78 is 5.48. The zero-order chi connectivity index (χ0) is 13.2. The van der Waals surface area contributed by atoms with Crippen LogP contribution in [-0.2, 0) is 17.8 Å². The molecular formula is C15H17N3O. The van der Waals surface area contributed by atoms with E-state index in [0.717, 1.165) is 41.5 Å². The topological polar surface area (TPSA) is 47.0 Å². The Balaban J connectivity index is 2.09. The van der Waals surface area contributed by atoms with E-state index in [1.807, 2.05) is 7.05 Å². The first-order valence-electron chi connectivity index (χ1n) is 6.50. The molecule has 0 saturated carbocycles.